The Balaban J connectivity index is 1.98. The minimum atomic E-state index is 0.229. The number of nitrogens with zero attached hydrogens (tertiary/aromatic N) is 1. The van der Waals surface area contributed by atoms with Crippen LogP contribution in [0.4, 0.5) is 0 Å². The zero-order valence-corrected chi connectivity index (χ0v) is 12.1. The molecule has 0 unspecified atom stereocenters. The van der Waals surface area contributed by atoms with E-state index in [1.807, 2.05) is 4.90 Å². The predicted octanol–water partition coefficient (Wildman–Crippen LogP) is 1.65. The van der Waals surface area contributed by atoms with Crippen molar-refractivity contribution in [1.29, 1.82) is 0 Å². The van der Waals surface area contributed by atoms with Gasteiger partial charge in [-0.1, -0.05) is 20.8 Å². The summed E-state index contributed by atoms with van der Waals surface area (Å²) in [5.41, 5.74) is 0.375. The monoisotopic (exact) mass is 256 g/mol. The smallest absolute Gasteiger partial charge is 0.224 e. The van der Waals surface area contributed by atoms with Crippen molar-refractivity contribution in [3.05, 3.63) is 0 Å². The summed E-state index contributed by atoms with van der Waals surface area (Å²) in [6.45, 7) is 11.5. The fraction of sp³-hybridized carbons (Fsp3) is 0.929. The van der Waals surface area contributed by atoms with E-state index in [2.05, 4.69) is 26.1 Å². The molecule has 0 aliphatic carbocycles. The summed E-state index contributed by atoms with van der Waals surface area (Å²) in [6, 6.07) is 0. The number of nitrogens with one attached hydrogen (secondary N) is 1. The van der Waals surface area contributed by atoms with Crippen LogP contribution in [0.1, 0.15) is 40.0 Å². The third kappa shape index (κ3) is 6.97. The van der Waals surface area contributed by atoms with Gasteiger partial charge in [0, 0.05) is 32.8 Å². The van der Waals surface area contributed by atoms with Crippen molar-refractivity contribution < 1.29 is 9.53 Å². The SMILES string of the molecule is CC(C)(C)CCCOCCC(=O)N1CCNCC1. The molecule has 18 heavy (non-hydrogen) atoms. The van der Waals surface area contributed by atoms with Crippen molar-refractivity contribution in [1.82, 2.24) is 10.2 Å². The molecule has 1 N–H and O–H groups in total. The predicted molar refractivity (Wildman–Crippen MR) is 73.6 cm³/mol. The topological polar surface area (TPSA) is 41.6 Å². The average molecular weight is 256 g/mol. The normalized spacial score (nSPS) is 16.9. The van der Waals surface area contributed by atoms with Crippen LogP contribution in [0.3, 0.4) is 0 Å². The Hall–Kier alpha value is -0.610. The molecular formula is C14H28N2O2. The van der Waals surface area contributed by atoms with Crippen LogP contribution in [-0.2, 0) is 9.53 Å². The summed E-state index contributed by atoms with van der Waals surface area (Å²) < 4.78 is 5.53. The Morgan fingerprint density at radius 2 is 1.89 bits per heavy atom. The van der Waals surface area contributed by atoms with Crippen LogP contribution in [0, 0.1) is 5.41 Å². The first-order chi connectivity index (χ1) is 8.49. The van der Waals surface area contributed by atoms with E-state index in [0.29, 0.717) is 18.4 Å². The quantitative estimate of drug-likeness (QED) is 0.735. The van der Waals surface area contributed by atoms with E-state index in [4.69, 9.17) is 4.74 Å². The Morgan fingerprint density at radius 3 is 2.50 bits per heavy atom. The molecule has 0 bridgehead atoms. The standard InChI is InChI=1S/C14H28N2O2/c1-14(2,3)6-4-11-18-12-5-13(17)16-9-7-15-8-10-16/h15H,4-12H2,1-3H3. The molecule has 0 saturated carbocycles. The molecule has 4 nitrogen and oxygen atoms in total. The van der Waals surface area contributed by atoms with Crippen LogP contribution in [0.15, 0.2) is 0 Å². The first-order valence-corrected chi connectivity index (χ1v) is 7.05. The molecule has 1 saturated heterocycles. The number of carbonyl (C=O) groups excluding carboxylic acids is 1. The zero-order chi connectivity index (χ0) is 13.4. The largest absolute Gasteiger partial charge is 0.381 e. The lowest BCUT2D eigenvalue weighted by molar-refractivity contribution is -0.132. The zero-order valence-electron chi connectivity index (χ0n) is 12.1. The highest BCUT2D eigenvalue weighted by Gasteiger charge is 2.15. The van der Waals surface area contributed by atoms with Crippen LogP contribution >= 0.6 is 0 Å². The maximum atomic E-state index is 11.8. The van der Waals surface area contributed by atoms with Gasteiger partial charge in [-0.25, -0.2) is 0 Å². The number of ether oxygens (including phenoxy) is 1. The summed E-state index contributed by atoms with van der Waals surface area (Å²) >= 11 is 0. The molecule has 0 aromatic carbocycles. The lowest BCUT2D eigenvalue weighted by Crippen LogP contribution is -2.46. The molecule has 0 aromatic heterocycles. The van der Waals surface area contributed by atoms with Crippen LogP contribution in [0.25, 0.3) is 0 Å². The molecule has 1 rings (SSSR count). The second-order valence-corrected chi connectivity index (χ2v) is 6.16. The summed E-state index contributed by atoms with van der Waals surface area (Å²) in [6.07, 6.45) is 2.76. The van der Waals surface area contributed by atoms with Gasteiger partial charge in [-0.05, 0) is 18.3 Å². The highest BCUT2D eigenvalue weighted by molar-refractivity contribution is 5.76. The molecule has 1 fully saturated rings. The fourth-order valence-corrected chi connectivity index (χ4v) is 2.04. The number of amides is 1. The van der Waals surface area contributed by atoms with Crippen LogP contribution in [0.2, 0.25) is 0 Å². The molecule has 0 atom stereocenters. The first-order valence-electron chi connectivity index (χ1n) is 7.05. The van der Waals surface area contributed by atoms with E-state index in [1.54, 1.807) is 0 Å². The molecule has 1 heterocycles. The van der Waals surface area contributed by atoms with E-state index < -0.39 is 0 Å². The van der Waals surface area contributed by atoms with Gasteiger partial charge in [-0.3, -0.25) is 4.79 Å². The third-order valence-corrected chi connectivity index (χ3v) is 3.15. The first kappa shape index (κ1) is 15.4. The van der Waals surface area contributed by atoms with Crippen molar-refractivity contribution in [2.75, 3.05) is 39.4 Å². The molecule has 0 aromatic rings. The van der Waals surface area contributed by atoms with Crippen molar-refractivity contribution in [3.63, 3.8) is 0 Å². The molecule has 106 valence electrons. The molecular weight excluding hydrogens is 228 g/mol. The van der Waals surface area contributed by atoms with Gasteiger partial charge in [-0.2, -0.15) is 0 Å². The number of hydrogen-bond acceptors (Lipinski definition) is 3. The number of rotatable bonds is 6. The van der Waals surface area contributed by atoms with Gasteiger partial charge in [0.05, 0.1) is 13.0 Å². The summed E-state index contributed by atoms with van der Waals surface area (Å²) in [5.74, 6) is 0.229. The minimum Gasteiger partial charge on any atom is -0.381 e. The van der Waals surface area contributed by atoms with E-state index >= 15 is 0 Å². The maximum Gasteiger partial charge on any atom is 0.224 e. The number of carbonyl (C=O) groups is 1. The molecule has 0 radical (unpaired) electrons. The highest BCUT2D eigenvalue weighted by atomic mass is 16.5. The van der Waals surface area contributed by atoms with Crippen molar-refractivity contribution >= 4 is 5.91 Å². The molecule has 1 amide bonds. The van der Waals surface area contributed by atoms with E-state index in [-0.39, 0.29) is 5.91 Å². The minimum absolute atomic E-state index is 0.229. The maximum absolute atomic E-state index is 11.8. The summed E-state index contributed by atoms with van der Waals surface area (Å²) in [7, 11) is 0. The van der Waals surface area contributed by atoms with Gasteiger partial charge >= 0.3 is 0 Å². The van der Waals surface area contributed by atoms with Gasteiger partial charge in [0.25, 0.3) is 0 Å². The summed E-state index contributed by atoms with van der Waals surface area (Å²) in [5, 5.41) is 3.24. The van der Waals surface area contributed by atoms with Crippen molar-refractivity contribution in [3.8, 4) is 0 Å². The number of hydrogen-bond donors (Lipinski definition) is 1. The molecule has 1 aliphatic rings. The Kier molecular flexibility index (Phi) is 6.65. The Morgan fingerprint density at radius 1 is 1.22 bits per heavy atom. The van der Waals surface area contributed by atoms with Crippen molar-refractivity contribution in [2.45, 2.75) is 40.0 Å². The van der Waals surface area contributed by atoms with E-state index in [0.717, 1.165) is 39.2 Å². The van der Waals surface area contributed by atoms with E-state index in [9.17, 15) is 4.79 Å². The van der Waals surface area contributed by atoms with Gasteiger partial charge in [0.1, 0.15) is 0 Å². The Bertz CT molecular complexity index is 243. The second-order valence-electron chi connectivity index (χ2n) is 6.16. The van der Waals surface area contributed by atoms with Gasteiger partial charge in [-0.15, -0.1) is 0 Å². The molecule has 1 aliphatic heterocycles. The molecule has 0 spiro atoms. The number of piperazine rings is 1. The summed E-state index contributed by atoms with van der Waals surface area (Å²) in [4.78, 5) is 13.7. The Labute approximate surface area is 111 Å². The fourth-order valence-electron chi connectivity index (χ4n) is 2.04. The van der Waals surface area contributed by atoms with Crippen molar-refractivity contribution in [2.24, 2.45) is 5.41 Å². The van der Waals surface area contributed by atoms with Crippen LogP contribution in [0.5, 0.6) is 0 Å². The van der Waals surface area contributed by atoms with Crippen LogP contribution < -0.4 is 5.32 Å². The third-order valence-electron chi connectivity index (χ3n) is 3.15. The average Bonchev–Trinajstić information content (AvgIpc) is 2.33. The highest BCUT2D eigenvalue weighted by Crippen LogP contribution is 2.20. The molecule has 4 heteroatoms. The van der Waals surface area contributed by atoms with E-state index in [1.165, 1.54) is 6.42 Å². The van der Waals surface area contributed by atoms with Gasteiger partial charge in [0.2, 0.25) is 5.91 Å². The lowest BCUT2D eigenvalue weighted by Gasteiger charge is -2.27. The van der Waals surface area contributed by atoms with Gasteiger partial charge in [0.15, 0.2) is 0 Å². The second kappa shape index (κ2) is 7.74. The van der Waals surface area contributed by atoms with Gasteiger partial charge < -0.3 is 15.0 Å². The van der Waals surface area contributed by atoms with Crippen LogP contribution in [-0.4, -0.2) is 50.2 Å². The lowest BCUT2D eigenvalue weighted by atomic mass is 9.91.